The van der Waals surface area contributed by atoms with E-state index in [1.807, 2.05) is 35.2 Å². The molecule has 1 saturated carbocycles. The molecule has 4 fully saturated rings. The number of benzene rings is 3. The van der Waals surface area contributed by atoms with Gasteiger partial charge in [-0.15, -0.1) is 0 Å². The number of amides is 4. The molecular weight excluding hydrogens is 584 g/mol. The molecule has 4 aliphatic rings. The lowest BCUT2D eigenvalue weighted by molar-refractivity contribution is -0.128. The first-order valence-corrected chi connectivity index (χ1v) is 15.8. The zero-order valence-corrected chi connectivity index (χ0v) is 25.4. The molecule has 3 heterocycles. The standard InChI is InChI=1S/C36H36N4O6/c41-32-14-23(18-37-32)19-38-34(43)26-6-7-27(20-40-21-28(16-33(40)42)24-4-2-1-3-5-24)30(15-26)46-29-10-8-25(9-11-29)35(44)39-31-17-36(31)12-13-45-22-36/h1-11,15,19,23,28,31H,12-14,16-18,20-22H2,(H,37,41)(H,39,44)/t23?,28-,31+,36?/m1/s1. The van der Waals surface area contributed by atoms with Gasteiger partial charge in [-0.05, 0) is 54.8 Å². The van der Waals surface area contributed by atoms with Crippen molar-refractivity contribution in [2.75, 3.05) is 26.3 Å². The summed E-state index contributed by atoms with van der Waals surface area (Å²) >= 11 is 0. The van der Waals surface area contributed by atoms with Crippen molar-refractivity contribution >= 4 is 29.8 Å². The maximum absolute atomic E-state index is 13.0. The summed E-state index contributed by atoms with van der Waals surface area (Å²) in [4.78, 5) is 56.4. The summed E-state index contributed by atoms with van der Waals surface area (Å²) < 4.78 is 11.8. The number of ether oxygens (including phenoxy) is 2. The lowest BCUT2D eigenvalue weighted by atomic mass is 9.98. The van der Waals surface area contributed by atoms with E-state index in [0.29, 0.717) is 61.7 Å². The Kier molecular flexibility index (Phi) is 8.12. The number of nitrogens with one attached hydrogen (secondary N) is 2. The van der Waals surface area contributed by atoms with Gasteiger partial charge in [0.2, 0.25) is 11.8 Å². The van der Waals surface area contributed by atoms with Gasteiger partial charge >= 0.3 is 0 Å². The fourth-order valence-electron chi connectivity index (χ4n) is 6.63. The van der Waals surface area contributed by atoms with Gasteiger partial charge in [0.15, 0.2) is 0 Å². The minimum atomic E-state index is -0.449. The second kappa shape index (κ2) is 12.5. The van der Waals surface area contributed by atoms with Crippen LogP contribution in [0, 0.1) is 11.3 Å². The average molecular weight is 621 g/mol. The number of hydrogen-bond donors (Lipinski definition) is 2. The summed E-state index contributed by atoms with van der Waals surface area (Å²) in [6.07, 6.45) is 4.19. The molecule has 10 nitrogen and oxygen atoms in total. The van der Waals surface area contributed by atoms with Crippen LogP contribution in [0.15, 0.2) is 77.8 Å². The van der Waals surface area contributed by atoms with Crippen LogP contribution in [-0.4, -0.2) is 67.1 Å². The Bertz CT molecular complexity index is 1680. The van der Waals surface area contributed by atoms with Crippen LogP contribution in [0.2, 0.25) is 0 Å². The van der Waals surface area contributed by atoms with Crippen LogP contribution in [0.3, 0.4) is 0 Å². The Morgan fingerprint density at radius 2 is 1.85 bits per heavy atom. The molecule has 46 heavy (non-hydrogen) atoms. The third-order valence-electron chi connectivity index (χ3n) is 9.55. The van der Waals surface area contributed by atoms with E-state index in [2.05, 4.69) is 15.6 Å². The largest absolute Gasteiger partial charge is 0.457 e. The van der Waals surface area contributed by atoms with Gasteiger partial charge in [-0.25, -0.2) is 4.99 Å². The maximum atomic E-state index is 13.0. The van der Waals surface area contributed by atoms with Gasteiger partial charge in [-0.1, -0.05) is 36.4 Å². The molecule has 4 amide bonds. The lowest BCUT2D eigenvalue weighted by Crippen LogP contribution is -2.29. The van der Waals surface area contributed by atoms with Gasteiger partial charge in [0.05, 0.1) is 6.61 Å². The molecule has 4 atom stereocenters. The first-order valence-electron chi connectivity index (χ1n) is 15.8. The monoisotopic (exact) mass is 620 g/mol. The molecule has 10 heteroatoms. The van der Waals surface area contributed by atoms with Crippen molar-refractivity contribution < 1.29 is 28.7 Å². The fourth-order valence-corrected chi connectivity index (χ4v) is 6.63. The van der Waals surface area contributed by atoms with Crippen LogP contribution in [0.4, 0.5) is 0 Å². The van der Waals surface area contributed by atoms with Crippen LogP contribution in [-0.2, 0) is 20.9 Å². The fraction of sp³-hybridized carbons (Fsp3) is 0.361. The molecule has 7 rings (SSSR count). The van der Waals surface area contributed by atoms with E-state index in [1.165, 1.54) is 6.21 Å². The Morgan fingerprint density at radius 3 is 2.59 bits per heavy atom. The zero-order valence-electron chi connectivity index (χ0n) is 25.4. The van der Waals surface area contributed by atoms with E-state index in [9.17, 15) is 19.2 Å². The highest BCUT2D eigenvalue weighted by atomic mass is 16.5. The quantitative estimate of drug-likeness (QED) is 0.345. The number of likely N-dealkylation sites (tertiary alicyclic amines) is 1. The second-order valence-corrected chi connectivity index (χ2v) is 12.8. The molecule has 0 aromatic heterocycles. The summed E-state index contributed by atoms with van der Waals surface area (Å²) in [7, 11) is 0. The summed E-state index contributed by atoms with van der Waals surface area (Å²) in [6.45, 7) is 2.81. The van der Waals surface area contributed by atoms with Crippen molar-refractivity contribution in [3.05, 3.63) is 95.1 Å². The SMILES string of the molecule is O=C1CC(C=NC(=O)c2ccc(CN3C[C@H](c4ccccc4)CC3=O)c(Oc3ccc(C(=O)N[C@H]4CC45CCOC5)cc3)c2)CN1. The normalized spacial score (nSPS) is 25.3. The first-order chi connectivity index (χ1) is 22.3. The molecule has 0 bridgehead atoms. The molecule has 0 radical (unpaired) electrons. The van der Waals surface area contributed by atoms with E-state index in [1.54, 1.807) is 42.5 Å². The van der Waals surface area contributed by atoms with E-state index in [0.717, 1.165) is 30.6 Å². The third-order valence-corrected chi connectivity index (χ3v) is 9.55. The minimum absolute atomic E-state index is 0.0567. The molecule has 1 spiro atoms. The second-order valence-electron chi connectivity index (χ2n) is 12.8. The van der Waals surface area contributed by atoms with Gasteiger partial charge in [0.25, 0.3) is 11.8 Å². The highest BCUT2D eigenvalue weighted by Gasteiger charge is 2.57. The maximum Gasteiger partial charge on any atom is 0.276 e. The van der Waals surface area contributed by atoms with Gasteiger partial charge in [-0.2, -0.15) is 0 Å². The van der Waals surface area contributed by atoms with Crippen LogP contribution in [0.1, 0.15) is 63.4 Å². The summed E-state index contributed by atoms with van der Waals surface area (Å²) in [5, 5.41) is 5.86. The van der Waals surface area contributed by atoms with Crippen molar-refractivity contribution in [3.63, 3.8) is 0 Å². The van der Waals surface area contributed by atoms with E-state index in [4.69, 9.17) is 9.47 Å². The number of hydrogen-bond acceptors (Lipinski definition) is 6. The van der Waals surface area contributed by atoms with Crippen molar-refractivity contribution in [1.82, 2.24) is 15.5 Å². The van der Waals surface area contributed by atoms with Crippen LogP contribution in [0.5, 0.6) is 11.5 Å². The van der Waals surface area contributed by atoms with E-state index >= 15 is 0 Å². The molecule has 236 valence electrons. The minimum Gasteiger partial charge on any atom is -0.457 e. The van der Waals surface area contributed by atoms with Crippen LogP contribution >= 0.6 is 0 Å². The van der Waals surface area contributed by atoms with Crippen molar-refractivity contribution in [2.24, 2.45) is 16.3 Å². The molecule has 3 aliphatic heterocycles. The predicted molar refractivity (Wildman–Crippen MR) is 170 cm³/mol. The third kappa shape index (κ3) is 6.44. The number of rotatable bonds is 9. The molecular formula is C36H36N4O6. The van der Waals surface area contributed by atoms with Crippen molar-refractivity contribution in [1.29, 1.82) is 0 Å². The van der Waals surface area contributed by atoms with E-state index in [-0.39, 0.29) is 41.0 Å². The Hall–Kier alpha value is -4.83. The average Bonchev–Trinajstić information content (AvgIpc) is 3.43. The van der Waals surface area contributed by atoms with E-state index < -0.39 is 5.91 Å². The number of carbonyl (C=O) groups is 4. The first kappa shape index (κ1) is 29.9. The molecule has 3 saturated heterocycles. The summed E-state index contributed by atoms with van der Waals surface area (Å²) in [6, 6.07) is 22.2. The smallest absolute Gasteiger partial charge is 0.276 e. The van der Waals surface area contributed by atoms with Crippen molar-refractivity contribution in [2.45, 2.75) is 44.2 Å². The number of carbonyl (C=O) groups excluding carboxylic acids is 4. The number of nitrogens with zero attached hydrogens (tertiary/aromatic N) is 2. The molecule has 1 aliphatic carbocycles. The Morgan fingerprint density at radius 1 is 1.04 bits per heavy atom. The van der Waals surface area contributed by atoms with Crippen LogP contribution in [0.25, 0.3) is 0 Å². The summed E-state index contributed by atoms with van der Waals surface area (Å²) in [5.41, 5.74) is 2.83. The molecule has 3 aromatic carbocycles. The molecule has 3 aromatic rings. The number of aliphatic imine (C=N–C) groups is 1. The molecule has 2 N–H and O–H groups in total. The highest BCUT2D eigenvalue weighted by Crippen LogP contribution is 2.52. The van der Waals surface area contributed by atoms with Crippen molar-refractivity contribution in [3.8, 4) is 11.5 Å². The highest BCUT2D eigenvalue weighted by molar-refractivity contribution is 6.00. The Labute approximate surface area is 267 Å². The topological polar surface area (TPSA) is 126 Å². The van der Waals surface area contributed by atoms with Gasteiger partial charge in [0, 0.05) is 85.3 Å². The summed E-state index contributed by atoms with van der Waals surface area (Å²) in [5.74, 6) is 0.310. The Balaban J connectivity index is 1.08. The lowest BCUT2D eigenvalue weighted by Gasteiger charge is -2.20. The van der Waals surface area contributed by atoms with Crippen LogP contribution < -0.4 is 15.4 Å². The predicted octanol–water partition coefficient (Wildman–Crippen LogP) is 4.25. The molecule has 2 unspecified atom stereocenters. The zero-order chi connectivity index (χ0) is 31.7. The van der Waals surface area contributed by atoms with Gasteiger partial charge < -0.3 is 25.0 Å². The van der Waals surface area contributed by atoms with Gasteiger partial charge in [0.1, 0.15) is 11.5 Å². The van der Waals surface area contributed by atoms with Gasteiger partial charge in [-0.3, -0.25) is 19.2 Å².